The van der Waals surface area contributed by atoms with Gasteiger partial charge in [-0.3, -0.25) is 0 Å². The Morgan fingerprint density at radius 2 is 2.05 bits per heavy atom. The molecular weight excluding hydrogens is 337 g/mol. The van der Waals surface area contributed by atoms with E-state index >= 15 is 0 Å². The van der Waals surface area contributed by atoms with Crippen LogP contribution in [0.4, 0.5) is 10.1 Å². The highest BCUT2D eigenvalue weighted by Crippen LogP contribution is 2.27. The SMILES string of the molecule is COc1ccc(C)cc1C(O)CNc1ccc(F)c(Br)c1. The fourth-order valence-electron chi connectivity index (χ4n) is 2.04. The normalized spacial score (nSPS) is 12.0. The zero-order valence-corrected chi connectivity index (χ0v) is 13.4. The standard InChI is InChI=1S/C16H17BrFNO2/c1-10-3-6-16(21-2)12(7-10)15(20)9-19-11-4-5-14(18)13(17)8-11/h3-8,15,19-20H,9H2,1-2H3. The Kier molecular flexibility index (Phi) is 5.20. The Bertz CT molecular complexity index is 634. The van der Waals surface area contributed by atoms with E-state index in [0.717, 1.165) is 16.8 Å². The Labute approximate surface area is 131 Å². The number of methoxy groups -OCH3 is 1. The summed E-state index contributed by atoms with van der Waals surface area (Å²) in [6.07, 6.45) is -0.719. The van der Waals surface area contributed by atoms with Gasteiger partial charge >= 0.3 is 0 Å². The predicted molar refractivity (Wildman–Crippen MR) is 85.3 cm³/mol. The van der Waals surface area contributed by atoms with E-state index in [4.69, 9.17) is 4.74 Å². The first-order chi connectivity index (χ1) is 10.0. The molecule has 112 valence electrons. The Balaban J connectivity index is 2.09. The van der Waals surface area contributed by atoms with Crippen molar-refractivity contribution in [2.45, 2.75) is 13.0 Å². The monoisotopic (exact) mass is 353 g/mol. The molecule has 5 heteroatoms. The predicted octanol–water partition coefficient (Wildman–Crippen LogP) is 4.05. The first-order valence-corrected chi connectivity index (χ1v) is 7.32. The van der Waals surface area contributed by atoms with Gasteiger partial charge in [0.05, 0.1) is 17.7 Å². The summed E-state index contributed by atoms with van der Waals surface area (Å²) >= 11 is 3.13. The lowest BCUT2D eigenvalue weighted by molar-refractivity contribution is 0.187. The number of benzene rings is 2. The summed E-state index contributed by atoms with van der Waals surface area (Å²) in [6.45, 7) is 2.26. The van der Waals surface area contributed by atoms with E-state index in [1.54, 1.807) is 19.2 Å². The van der Waals surface area contributed by atoms with Crippen molar-refractivity contribution in [2.75, 3.05) is 19.0 Å². The van der Waals surface area contributed by atoms with Gasteiger partial charge in [-0.15, -0.1) is 0 Å². The average Bonchev–Trinajstić information content (AvgIpc) is 2.48. The van der Waals surface area contributed by atoms with Crippen molar-refractivity contribution in [2.24, 2.45) is 0 Å². The van der Waals surface area contributed by atoms with Crippen LogP contribution in [0.3, 0.4) is 0 Å². The largest absolute Gasteiger partial charge is 0.496 e. The van der Waals surface area contributed by atoms with Crippen molar-refractivity contribution >= 4 is 21.6 Å². The average molecular weight is 354 g/mol. The second-order valence-electron chi connectivity index (χ2n) is 4.77. The number of halogens is 2. The van der Waals surface area contributed by atoms with Crippen LogP contribution < -0.4 is 10.1 Å². The minimum absolute atomic E-state index is 0.303. The van der Waals surface area contributed by atoms with Gasteiger partial charge in [-0.05, 0) is 53.2 Å². The molecular formula is C16H17BrFNO2. The number of hydrogen-bond acceptors (Lipinski definition) is 3. The van der Waals surface area contributed by atoms with Crippen LogP contribution in [0.15, 0.2) is 40.9 Å². The van der Waals surface area contributed by atoms with Crippen LogP contribution in [0, 0.1) is 12.7 Å². The maximum atomic E-state index is 13.2. The van der Waals surface area contributed by atoms with Gasteiger partial charge in [-0.2, -0.15) is 0 Å². The lowest BCUT2D eigenvalue weighted by atomic mass is 10.1. The molecule has 2 aromatic carbocycles. The first kappa shape index (κ1) is 15.8. The van der Waals surface area contributed by atoms with Crippen LogP contribution >= 0.6 is 15.9 Å². The van der Waals surface area contributed by atoms with Crippen molar-refractivity contribution in [3.63, 3.8) is 0 Å². The van der Waals surface area contributed by atoms with E-state index < -0.39 is 6.10 Å². The van der Waals surface area contributed by atoms with Gasteiger partial charge in [-0.1, -0.05) is 11.6 Å². The molecule has 0 aliphatic heterocycles. The second-order valence-corrected chi connectivity index (χ2v) is 5.63. The Morgan fingerprint density at radius 1 is 1.29 bits per heavy atom. The third-order valence-corrected chi connectivity index (χ3v) is 3.77. The quantitative estimate of drug-likeness (QED) is 0.851. The molecule has 0 aliphatic rings. The van der Waals surface area contributed by atoms with Crippen molar-refractivity contribution in [1.29, 1.82) is 0 Å². The van der Waals surface area contributed by atoms with Crippen LogP contribution in [0.1, 0.15) is 17.2 Å². The number of rotatable bonds is 5. The molecule has 1 atom stereocenters. The van der Waals surface area contributed by atoms with Crippen LogP contribution in [-0.2, 0) is 0 Å². The van der Waals surface area contributed by atoms with Gasteiger partial charge in [0.25, 0.3) is 0 Å². The van der Waals surface area contributed by atoms with Crippen molar-refractivity contribution in [3.8, 4) is 5.75 Å². The fraction of sp³-hybridized carbons (Fsp3) is 0.250. The molecule has 21 heavy (non-hydrogen) atoms. The summed E-state index contributed by atoms with van der Waals surface area (Å²) in [5, 5.41) is 13.4. The highest BCUT2D eigenvalue weighted by Gasteiger charge is 2.13. The van der Waals surface area contributed by atoms with Crippen LogP contribution in [-0.4, -0.2) is 18.8 Å². The fourth-order valence-corrected chi connectivity index (χ4v) is 2.42. The van der Waals surface area contributed by atoms with Crippen LogP contribution in [0.25, 0.3) is 0 Å². The van der Waals surface area contributed by atoms with Crippen molar-refractivity contribution in [1.82, 2.24) is 0 Å². The van der Waals surface area contributed by atoms with Crippen molar-refractivity contribution < 1.29 is 14.2 Å². The lowest BCUT2D eigenvalue weighted by Gasteiger charge is -2.17. The smallest absolute Gasteiger partial charge is 0.137 e. The van der Waals surface area contributed by atoms with Gasteiger partial charge in [0.1, 0.15) is 11.6 Å². The summed E-state index contributed by atoms with van der Waals surface area (Å²) in [6, 6.07) is 10.3. The van der Waals surface area contributed by atoms with E-state index in [-0.39, 0.29) is 5.82 Å². The summed E-state index contributed by atoms with van der Waals surface area (Å²) in [5.74, 6) is 0.330. The lowest BCUT2D eigenvalue weighted by Crippen LogP contribution is -2.13. The van der Waals surface area contributed by atoms with Crippen molar-refractivity contribution in [3.05, 3.63) is 57.8 Å². The summed E-state index contributed by atoms with van der Waals surface area (Å²) in [4.78, 5) is 0. The number of aliphatic hydroxyl groups excluding tert-OH is 1. The first-order valence-electron chi connectivity index (χ1n) is 6.53. The minimum Gasteiger partial charge on any atom is -0.496 e. The molecule has 0 aromatic heterocycles. The zero-order valence-electron chi connectivity index (χ0n) is 11.9. The molecule has 0 spiro atoms. The van der Waals surface area contributed by atoms with Gasteiger partial charge in [-0.25, -0.2) is 4.39 Å². The third kappa shape index (κ3) is 3.95. The van der Waals surface area contributed by atoms with Crippen LogP contribution in [0.5, 0.6) is 5.75 Å². The summed E-state index contributed by atoms with van der Waals surface area (Å²) in [5.41, 5.74) is 2.51. The molecule has 0 bridgehead atoms. The molecule has 0 saturated carbocycles. The molecule has 0 radical (unpaired) electrons. The molecule has 1 unspecified atom stereocenters. The molecule has 0 amide bonds. The third-order valence-electron chi connectivity index (χ3n) is 3.16. The molecule has 0 saturated heterocycles. The zero-order chi connectivity index (χ0) is 15.4. The Hall–Kier alpha value is -1.59. The van der Waals surface area contributed by atoms with E-state index in [1.807, 2.05) is 25.1 Å². The number of aliphatic hydroxyl groups is 1. The molecule has 0 heterocycles. The van der Waals surface area contributed by atoms with E-state index in [1.165, 1.54) is 6.07 Å². The van der Waals surface area contributed by atoms with Gasteiger partial charge in [0.2, 0.25) is 0 Å². The highest BCUT2D eigenvalue weighted by atomic mass is 79.9. The minimum atomic E-state index is -0.719. The molecule has 0 fully saturated rings. The van der Waals surface area contributed by atoms with Gasteiger partial charge < -0.3 is 15.2 Å². The molecule has 0 aliphatic carbocycles. The van der Waals surface area contributed by atoms with Crippen LogP contribution in [0.2, 0.25) is 0 Å². The van der Waals surface area contributed by atoms with E-state index in [0.29, 0.717) is 16.8 Å². The maximum Gasteiger partial charge on any atom is 0.137 e. The van der Waals surface area contributed by atoms with E-state index in [9.17, 15) is 9.50 Å². The highest BCUT2D eigenvalue weighted by molar-refractivity contribution is 9.10. The number of anilines is 1. The number of aryl methyl sites for hydroxylation is 1. The van der Waals surface area contributed by atoms with E-state index in [2.05, 4.69) is 21.2 Å². The maximum absolute atomic E-state index is 13.2. The van der Waals surface area contributed by atoms with Gasteiger partial charge in [0, 0.05) is 17.8 Å². The molecule has 2 N–H and O–H groups in total. The summed E-state index contributed by atoms with van der Waals surface area (Å²) < 4.78 is 18.8. The number of ether oxygens (including phenoxy) is 1. The second kappa shape index (κ2) is 6.91. The number of nitrogens with one attached hydrogen (secondary N) is 1. The van der Waals surface area contributed by atoms with Gasteiger partial charge in [0.15, 0.2) is 0 Å². The topological polar surface area (TPSA) is 41.5 Å². The molecule has 3 nitrogen and oxygen atoms in total. The number of hydrogen-bond donors (Lipinski definition) is 2. The molecule has 2 aromatic rings. The molecule has 2 rings (SSSR count). The summed E-state index contributed by atoms with van der Waals surface area (Å²) in [7, 11) is 1.57. The Morgan fingerprint density at radius 3 is 2.71 bits per heavy atom.